The first-order valence-electron chi connectivity index (χ1n) is 8.05. The second kappa shape index (κ2) is 7.76. The summed E-state index contributed by atoms with van der Waals surface area (Å²) in [5.41, 5.74) is 6.98. The van der Waals surface area contributed by atoms with Crippen LogP contribution in [0, 0.1) is 0 Å². The molecule has 1 aromatic rings. The molecule has 0 spiro atoms. The van der Waals surface area contributed by atoms with E-state index in [1.165, 1.54) is 16.2 Å². The number of hydrogen-bond donors (Lipinski definition) is 3. The highest BCUT2D eigenvalue weighted by molar-refractivity contribution is 7.17. The summed E-state index contributed by atoms with van der Waals surface area (Å²) >= 11 is 1.45. The van der Waals surface area contributed by atoms with Crippen LogP contribution in [0.2, 0.25) is 0 Å². The summed E-state index contributed by atoms with van der Waals surface area (Å²) in [7, 11) is 5.16. The molecule has 0 aromatic carbocycles. The van der Waals surface area contributed by atoms with Crippen molar-refractivity contribution >= 4 is 34.1 Å². The fraction of sp³-hybridized carbons (Fsp3) is 0.562. The molecule has 2 rings (SSSR count). The van der Waals surface area contributed by atoms with E-state index in [-0.39, 0.29) is 24.9 Å². The summed E-state index contributed by atoms with van der Waals surface area (Å²) in [6, 6.07) is 0. The van der Waals surface area contributed by atoms with E-state index in [9.17, 15) is 14.4 Å². The van der Waals surface area contributed by atoms with Crippen molar-refractivity contribution in [2.75, 3.05) is 39.5 Å². The Balaban J connectivity index is 2.05. The molecule has 0 aliphatic heterocycles. The van der Waals surface area contributed by atoms with Crippen molar-refractivity contribution in [3.63, 3.8) is 0 Å². The van der Waals surface area contributed by atoms with Crippen LogP contribution in [-0.2, 0) is 22.4 Å². The standard InChI is InChI=1S/C16H24N4O3S/c1-19(2)13(22)9-20(3)8-12(21)18-16-14(15(17)23)10-6-4-5-7-11(10)24-16/h4-9H2,1-3H3,(H2,17,23)(H,18,21)/p+1. The van der Waals surface area contributed by atoms with Gasteiger partial charge in [0.2, 0.25) is 0 Å². The number of thiophene rings is 1. The Morgan fingerprint density at radius 1 is 1.21 bits per heavy atom. The van der Waals surface area contributed by atoms with E-state index in [1.54, 1.807) is 21.1 Å². The number of anilines is 1. The van der Waals surface area contributed by atoms with Gasteiger partial charge in [0.15, 0.2) is 13.1 Å². The molecule has 0 radical (unpaired) electrons. The van der Waals surface area contributed by atoms with Crippen LogP contribution in [0.4, 0.5) is 5.00 Å². The number of nitrogens with one attached hydrogen (secondary N) is 2. The lowest BCUT2D eigenvalue weighted by Crippen LogP contribution is -3.11. The average molecular weight is 353 g/mol. The van der Waals surface area contributed by atoms with E-state index >= 15 is 0 Å². The summed E-state index contributed by atoms with van der Waals surface area (Å²) in [5, 5.41) is 3.36. The molecule has 8 heteroatoms. The van der Waals surface area contributed by atoms with E-state index in [0.717, 1.165) is 41.0 Å². The minimum absolute atomic E-state index is 0.0373. The number of amides is 3. The minimum atomic E-state index is -0.492. The van der Waals surface area contributed by atoms with Gasteiger partial charge in [-0.05, 0) is 31.2 Å². The highest BCUT2D eigenvalue weighted by atomic mass is 32.1. The Labute approximate surface area is 145 Å². The number of rotatable bonds is 6. The van der Waals surface area contributed by atoms with Crippen molar-refractivity contribution in [3.05, 3.63) is 16.0 Å². The van der Waals surface area contributed by atoms with E-state index in [4.69, 9.17) is 5.73 Å². The molecule has 0 saturated heterocycles. The number of hydrogen-bond acceptors (Lipinski definition) is 4. The Morgan fingerprint density at radius 3 is 2.50 bits per heavy atom. The third kappa shape index (κ3) is 4.33. The molecule has 1 heterocycles. The molecule has 0 bridgehead atoms. The highest BCUT2D eigenvalue weighted by Gasteiger charge is 2.25. The van der Waals surface area contributed by atoms with Crippen LogP contribution in [0.25, 0.3) is 0 Å². The third-order valence-electron chi connectivity index (χ3n) is 4.08. The van der Waals surface area contributed by atoms with Crippen LogP contribution in [0.3, 0.4) is 0 Å². The fourth-order valence-corrected chi connectivity index (χ4v) is 4.15. The molecule has 7 nitrogen and oxygen atoms in total. The predicted octanol–water partition coefficient (Wildman–Crippen LogP) is -0.733. The monoisotopic (exact) mass is 353 g/mol. The van der Waals surface area contributed by atoms with Crippen molar-refractivity contribution in [2.45, 2.75) is 25.7 Å². The van der Waals surface area contributed by atoms with Crippen molar-refractivity contribution in [1.29, 1.82) is 0 Å². The second-order valence-electron chi connectivity index (χ2n) is 6.43. The first-order valence-corrected chi connectivity index (χ1v) is 8.87. The Hall–Kier alpha value is -1.93. The minimum Gasteiger partial charge on any atom is -0.365 e. The van der Waals surface area contributed by atoms with Gasteiger partial charge in [-0.3, -0.25) is 14.4 Å². The summed E-state index contributed by atoms with van der Waals surface area (Å²) < 4.78 is 0. The molecular formula is C16H25N4O3S+. The first-order chi connectivity index (χ1) is 11.3. The highest BCUT2D eigenvalue weighted by Crippen LogP contribution is 2.37. The summed E-state index contributed by atoms with van der Waals surface area (Å²) in [6.07, 6.45) is 3.90. The molecule has 24 heavy (non-hydrogen) atoms. The van der Waals surface area contributed by atoms with Gasteiger partial charge in [-0.25, -0.2) is 0 Å². The number of quaternary nitrogens is 1. The largest absolute Gasteiger partial charge is 0.365 e. The molecule has 1 aromatic heterocycles. The third-order valence-corrected chi connectivity index (χ3v) is 5.29. The maximum atomic E-state index is 12.3. The van der Waals surface area contributed by atoms with Crippen molar-refractivity contribution in [1.82, 2.24) is 4.90 Å². The van der Waals surface area contributed by atoms with E-state index in [0.29, 0.717) is 10.6 Å². The Kier molecular flexibility index (Phi) is 5.95. The smallest absolute Gasteiger partial charge is 0.280 e. The van der Waals surface area contributed by atoms with Gasteiger partial charge in [0, 0.05) is 19.0 Å². The zero-order valence-electron chi connectivity index (χ0n) is 14.4. The summed E-state index contributed by atoms with van der Waals surface area (Å²) in [5.74, 6) is -0.752. The SMILES string of the molecule is CN(C)C(=O)C[NH+](C)CC(=O)Nc1sc2c(c1C(N)=O)CCCC2. The lowest BCUT2D eigenvalue weighted by atomic mass is 9.95. The van der Waals surface area contributed by atoms with Gasteiger partial charge in [0.1, 0.15) is 5.00 Å². The molecule has 0 saturated carbocycles. The number of carbonyl (C=O) groups is 3. The van der Waals surface area contributed by atoms with Crippen molar-refractivity contribution in [3.8, 4) is 0 Å². The molecule has 4 N–H and O–H groups in total. The topological polar surface area (TPSA) is 96.9 Å². The van der Waals surface area contributed by atoms with Gasteiger partial charge in [0.25, 0.3) is 17.7 Å². The van der Waals surface area contributed by atoms with Crippen LogP contribution in [0.5, 0.6) is 0 Å². The second-order valence-corrected chi connectivity index (χ2v) is 7.53. The molecule has 3 amide bonds. The number of likely N-dealkylation sites (N-methyl/N-ethyl adjacent to an activating group) is 2. The predicted molar refractivity (Wildman–Crippen MR) is 93.4 cm³/mol. The van der Waals surface area contributed by atoms with Crippen LogP contribution >= 0.6 is 11.3 Å². The molecular weight excluding hydrogens is 328 g/mol. The number of nitrogens with two attached hydrogens (primary N) is 1. The zero-order chi connectivity index (χ0) is 17.9. The number of fused-ring (bicyclic) bond motifs is 1. The fourth-order valence-electron chi connectivity index (χ4n) is 2.84. The van der Waals surface area contributed by atoms with E-state index in [2.05, 4.69) is 5.32 Å². The molecule has 1 aliphatic carbocycles. The Morgan fingerprint density at radius 2 is 1.88 bits per heavy atom. The van der Waals surface area contributed by atoms with Crippen molar-refractivity contribution < 1.29 is 19.3 Å². The quantitative estimate of drug-likeness (QED) is 0.629. The molecule has 1 atom stereocenters. The number of nitrogens with zero attached hydrogens (tertiary/aromatic N) is 1. The molecule has 132 valence electrons. The number of primary amides is 1. The van der Waals surface area contributed by atoms with Crippen LogP contribution in [0.1, 0.15) is 33.6 Å². The number of carbonyl (C=O) groups excluding carboxylic acids is 3. The summed E-state index contributed by atoms with van der Waals surface area (Å²) in [6.45, 7) is 0.393. The normalized spacial score (nSPS) is 14.6. The van der Waals surface area contributed by atoms with Gasteiger partial charge < -0.3 is 20.9 Å². The lowest BCUT2D eigenvalue weighted by molar-refractivity contribution is -0.862. The van der Waals surface area contributed by atoms with E-state index < -0.39 is 5.91 Å². The van der Waals surface area contributed by atoms with Crippen LogP contribution in [0.15, 0.2) is 0 Å². The van der Waals surface area contributed by atoms with Gasteiger partial charge in [0.05, 0.1) is 12.6 Å². The number of aryl methyl sites for hydroxylation is 1. The van der Waals surface area contributed by atoms with Gasteiger partial charge in [-0.2, -0.15) is 0 Å². The molecule has 0 fully saturated rings. The first kappa shape index (κ1) is 18.4. The van der Waals surface area contributed by atoms with Gasteiger partial charge >= 0.3 is 0 Å². The van der Waals surface area contributed by atoms with Crippen LogP contribution < -0.4 is 16.0 Å². The van der Waals surface area contributed by atoms with Crippen molar-refractivity contribution in [2.24, 2.45) is 5.73 Å². The maximum absolute atomic E-state index is 12.3. The zero-order valence-corrected chi connectivity index (χ0v) is 15.2. The molecule has 1 aliphatic rings. The van der Waals surface area contributed by atoms with Gasteiger partial charge in [-0.1, -0.05) is 0 Å². The van der Waals surface area contributed by atoms with E-state index in [1.807, 2.05) is 0 Å². The van der Waals surface area contributed by atoms with Gasteiger partial charge in [-0.15, -0.1) is 11.3 Å². The molecule has 1 unspecified atom stereocenters. The maximum Gasteiger partial charge on any atom is 0.280 e. The lowest BCUT2D eigenvalue weighted by Gasteiger charge is -2.16. The summed E-state index contributed by atoms with van der Waals surface area (Å²) in [4.78, 5) is 39.2. The van der Waals surface area contributed by atoms with Crippen LogP contribution in [-0.4, -0.2) is 56.9 Å². The Bertz CT molecular complexity index is 654. The average Bonchev–Trinajstić information content (AvgIpc) is 2.84.